The van der Waals surface area contributed by atoms with Gasteiger partial charge < -0.3 is 10.6 Å². The maximum atomic E-state index is 13.6. The Morgan fingerprint density at radius 3 is 2.60 bits per heavy atom. The van der Waals surface area contributed by atoms with Crippen molar-refractivity contribution in [3.63, 3.8) is 0 Å². The minimum absolute atomic E-state index is 0.00174. The highest BCUT2D eigenvalue weighted by Crippen LogP contribution is 2.23. The Morgan fingerprint density at radius 2 is 1.90 bits per heavy atom. The number of hydrogen-bond acceptors (Lipinski definition) is 3. The number of halogens is 2. The van der Waals surface area contributed by atoms with E-state index in [1.54, 1.807) is 24.3 Å². The van der Waals surface area contributed by atoms with Gasteiger partial charge in [0.15, 0.2) is 0 Å². The summed E-state index contributed by atoms with van der Waals surface area (Å²) in [4.78, 5) is 26.7. The first-order chi connectivity index (χ1) is 14.4. The van der Waals surface area contributed by atoms with E-state index >= 15 is 0 Å². The van der Waals surface area contributed by atoms with Gasteiger partial charge in [-0.1, -0.05) is 35.9 Å². The Morgan fingerprint density at radius 1 is 1.17 bits per heavy atom. The number of nitrogens with zero attached hydrogens (tertiary/aromatic N) is 1. The first-order valence-electron chi connectivity index (χ1n) is 10.2. The van der Waals surface area contributed by atoms with Gasteiger partial charge in [0.25, 0.3) is 0 Å². The smallest absolute Gasteiger partial charge is 0.238 e. The molecule has 1 aliphatic heterocycles. The zero-order valence-electron chi connectivity index (χ0n) is 17.1. The number of carbonyl (C=O) groups excluding carboxylic acids is 2. The average Bonchev–Trinajstić information content (AvgIpc) is 2.72. The minimum atomic E-state index is -0.245. The van der Waals surface area contributed by atoms with Crippen LogP contribution >= 0.6 is 11.6 Å². The summed E-state index contributed by atoms with van der Waals surface area (Å²) in [6, 6.07) is 12.1. The number of aryl methyl sites for hydroxylation is 1. The van der Waals surface area contributed by atoms with Crippen LogP contribution in [0.2, 0.25) is 5.02 Å². The topological polar surface area (TPSA) is 61.4 Å². The summed E-state index contributed by atoms with van der Waals surface area (Å²) < 4.78 is 13.6. The zero-order valence-corrected chi connectivity index (χ0v) is 17.8. The highest BCUT2D eigenvalue weighted by molar-refractivity contribution is 6.33. The number of amides is 2. The number of anilines is 1. The van der Waals surface area contributed by atoms with Crippen molar-refractivity contribution in [2.24, 2.45) is 5.92 Å². The maximum Gasteiger partial charge on any atom is 0.238 e. The molecular formula is C23H27ClFN3O2. The molecular weight excluding hydrogens is 405 g/mol. The Kier molecular flexibility index (Phi) is 7.82. The van der Waals surface area contributed by atoms with E-state index in [-0.39, 0.29) is 30.1 Å². The van der Waals surface area contributed by atoms with Gasteiger partial charge in [0, 0.05) is 12.5 Å². The second kappa shape index (κ2) is 10.5. The third-order valence-corrected chi connectivity index (χ3v) is 5.69. The maximum absolute atomic E-state index is 13.6. The molecule has 2 aromatic carbocycles. The lowest BCUT2D eigenvalue weighted by molar-refractivity contribution is -0.126. The molecule has 7 heteroatoms. The van der Waals surface area contributed by atoms with Crippen LogP contribution < -0.4 is 10.6 Å². The minimum Gasteiger partial charge on any atom is -0.356 e. The van der Waals surface area contributed by atoms with Crippen LogP contribution in [0.15, 0.2) is 42.5 Å². The van der Waals surface area contributed by atoms with Crippen molar-refractivity contribution >= 4 is 29.1 Å². The monoisotopic (exact) mass is 431 g/mol. The van der Waals surface area contributed by atoms with E-state index in [9.17, 15) is 14.0 Å². The summed E-state index contributed by atoms with van der Waals surface area (Å²) in [5.74, 6) is -0.433. The normalized spacial score (nSPS) is 15.0. The van der Waals surface area contributed by atoms with Crippen LogP contribution in [0.1, 0.15) is 24.0 Å². The molecule has 0 aromatic heterocycles. The number of carbonyl (C=O) groups is 2. The summed E-state index contributed by atoms with van der Waals surface area (Å²) in [7, 11) is 0. The summed E-state index contributed by atoms with van der Waals surface area (Å²) in [5.41, 5.74) is 2.25. The van der Waals surface area contributed by atoms with Crippen LogP contribution in [0.5, 0.6) is 0 Å². The van der Waals surface area contributed by atoms with Gasteiger partial charge in [-0.05, 0) is 68.6 Å². The molecule has 160 valence electrons. The molecule has 0 radical (unpaired) electrons. The molecule has 1 saturated heterocycles. The molecule has 30 heavy (non-hydrogen) atoms. The van der Waals surface area contributed by atoms with E-state index < -0.39 is 0 Å². The van der Waals surface area contributed by atoms with E-state index in [1.165, 1.54) is 6.07 Å². The van der Waals surface area contributed by atoms with Crippen molar-refractivity contribution in [3.8, 4) is 0 Å². The molecule has 0 atom stereocenters. The Balaban J connectivity index is 1.38. The third kappa shape index (κ3) is 6.28. The second-order valence-electron chi connectivity index (χ2n) is 7.71. The van der Waals surface area contributed by atoms with E-state index in [0.717, 1.165) is 5.56 Å². The quantitative estimate of drug-likeness (QED) is 0.701. The Labute approximate surface area is 181 Å². The molecule has 1 heterocycles. The van der Waals surface area contributed by atoms with Gasteiger partial charge in [-0.15, -0.1) is 0 Å². The molecule has 1 aliphatic rings. The Hall–Kier alpha value is -2.44. The van der Waals surface area contributed by atoms with Crippen molar-refractivity contribution in [2.45, 2.75) is 26.2 Å². The van der Waals surface area contributed by atoms with Crippen LogP contribution in [0.3, 0.4) is 0 Å². The molecule has 0 saturated carbocycles. The molecule has 2 aromatic rings. The van der Waals surface area contributed by atoms with Gasteiger partial charge in [-0.3, -0.25) is 14.5 Å². The fourth-order valence-electron chi connectivity index (χ4n) is 3.63. The fourth-order valence-corrected chi connectivity index (χ4v) is 3.92. The summed E-state index contributed by atoms with van der Waals surface area (Å²) in [6.07, 6.45) is 1.87. The number of likely N-dealkylation sites (tertiary alicyclic amines) is 1. The van der Waals surface area contributed by atoms with E-state index in [4.69, 9.17) is 11.6 Å². The molecule has 0 bridgehead atoms. The van der Waals surface area contributed by atoms with Gasteiger partial charge in [-0.25, -0.2) is 4.39 Å². The third-order valence-electron chi connectivity index (χ3n) is 5.38. The van der Waals surface area contributed by atoms with Crippen molar-refractivity contribution < 1.29 is 14.0 Å². The summed E-state index contributed by atoms with van der Waals surface area (Å²) in [5, 5.41) is 6.28. The zero-order chi connectivity index (χ0) is 21.5. The molecule has 2 amide bonds. The summed E-state index contributed by atoms with van der Waals surface area (Å²) in [6.45, 7) is 3.99. The van der Waals surface area contributed by atoms with E-state index in [0.29, 0.717) is 55.2 Å². The molecule has 3 rings (SSSR count). The predicted molar refractivity (Wildman–Crippen MR) is 117 cm³/mol. The lowest BCUT2D eigenvalue weighted by Crippen LogP contribution is -2.43. The van der Waals surface area contributed by atoms with Gasteiger partial charge in [-0.2, -0.15) is 0 Å². The highest BCUT2D eigenvalue weighted by atomic mass is 35.5. The number of benzene rings is 2. The number of hydrogen-bond donors (Lipinski definition) is 2. The molecule has 0 aliphatic carbocycles. The number of piperidine rings is 1. The SMILES string of the molecule is Cc1ccc(NC(=O)CN2CCC(C(=O)NCCc3ccccc3F)CC2)c(Cl)c1. The van der Waals surface area contributed by atoms with Crippen LogP contribution in [0.25, 0.3) is 0 Å². The molecule has 0 spiro atoms. The molecule has 0 unspecified atom stereocenters. The number of rotatable bonds is 7. The second-order valence-corrected chi connectivity index (χ2v) is 8.12. The molecule has 1 fully saturated rings. The van der Waals surface area contributed by atoms with Crippen molar-refractivity contribution in [1.82, 2.24) is 10.2 Å². The molecule has 2 N–H and O–H groups in total. The first-order valence-corrected chi connectivity index (χ1v) is 10.6. The van der Waals surface area contributed by atoms with E-state index in [1.807, 2.05) is 24.0 Å². The van der Waals surface area contributed by atoms with Gasteiger partial charge >= 0.3 is 0 Å². The van der Waals surface area contributed by atoms with Crippen molar-refractivity contribution in [3.05, 3.63) is 64.4 Å². The first kappa shape index (κ1) is 22.2. The largest absolute Gasteiger partial charge is 0.356 e. The highest BCUT2D eigenvalue weighted by Gasteiger charge is 2.25. The number of nitrogens with one attached hydrogen (secondary N) is 2. The standard InChI is InChI=1S/C23H27ClFN3O2/c1-16-6-7-21(19(24)14-16)27-22(29)15-28-12-9-18(10-13-28)23(30)26-11-8-17-4-2-3-5-20(17)25/h2-7,14,18H,8-13,15H2,1H3,(H,26,30)(H,27,29). The van der Waals surface area contributed by atoms with Crippen LogP contribution in [-0.4, -0.2) is 42.9 Å². The van der Waals surface area contributed by atoms with Gasteiger partial charge in [0.1, 0.15) is 5.82 Å². The van der Waals surface area contributed by atoms with Crippen molar-refractivity contribution in [1.29, 1.82) is 0 Å². The molecule has 5 nitrogen and oxygen atoms in total. The fraction of sp³-hybridized carbons (Fsp3) is 0.391. The predicted octanol–water partition coefficient (Wildman–Crippen LogP) is 3.80. The Bertz CT molecular complexity index is 898. The van der Waals surface area contributed by atoms with Crippen molar-refractivity contribution in [2.75, 3.05) is 31.5 Å². The van der Waals surface area contributed by atoms with E-state index in [2.05, 4.69) is 10.6 Å². The lowest BCUT2D eigenvalue weighted by atomic mass is 9.96. The van der Waals surface area contributed by atoms with Gasteiger partial charge in [0.2, 0.25) is 11.8 Å². The van der Waals surface area contributed by atoms with Crippen LogP contribution in [0.4, 0.5) is 10.1 Å². The lowest BCUT2D eigenvalue weighted by Gasteiger charge is -2.30. The average molecular weight is 432 g/mol. The van der Waals surface area contributed by atoms with Crippen LogP contribution in [-0.2, 0) is 16.0 Å². The summed E-state index contributed by atoms with van der Waals surface area (Å²) >= 11 is 6.17. The van der Waals surface area contributed by atoms with Crippen LogP contribution in [0, 0.1) is 18.7 Å². The van der Waals surface area contributed by atoms with Gasteiger partial charge in [0.05, 0.1) is 17.3 Å².